The first-order valence-corrected chi connectivity index (χ1v) is 4.98. The molecule has 88 valence electrons. The maximum atomic E-state index is 11.8. The van der Waals surface area contributed by atoms with E-state index in [-0.39, 0.29) is 17.7 Å². The maximum Gasteiger partial charge on any atom is 0.346 e. The first-order chi connectivity index (χ1) is 8.15. The van der Waals surface area contributed by atoms with Gasteiger partial charge in [-0.1, -0.05) is 17.2 Å². The normalized spacial score (nSPS) is 13.8. The molecule has 1 aliphatic heterocycles. The summed E-state index contributed by atoms with van der Waals surface area (Å²) in [5, 5.41) is 3.06. The fourth-order valence-corrected chi connectivity index (χ4v) is 1.53. The molecule has 0 atom stereocenters. The minimum Gasteiger partial charge on any atom is -0.328 e. The Hall–Kier alpha value is -2.21. The Kier molecular flexibility index (Phi) is 2.88. The summed E-state index contributed by atoms with van der Waals surface area (Å²) in [6.45, 7) is -0.0760. The van der Waals surface area contributed by atoms with E-state index >= 15 is 0 Å². The number of likely N-dealkylation sites (N-methyl/N-ethyl adjacent to an activating group) is 1. The number of nitrogens with one attached hydrogen (secondary N) is 1. The molecule has 0 aliphatic carbocycles. The van der Waals surface area contributed by atoms with E-state index < -0.39 is 17.8 Å². The van der Waals surface area contributed by atoms with E-state index in [1.165, 1.54) is 12.1 Å². The van der Waals surface area contributed by atoms with Crippen LogP contribution in [0.3, 0.4) is 0 Å². The number of carbonyl (C=O) groups is 3. The molecule has 6 nitrogen and oxygen atoms in total. The van der Waals surface area contributed by atoms with Gasteiger partial charge in [0.1, 0.15) is 0 Å². The molecule has 1 heterocycles. The van der Waals surface area contributed by atoms with E-state index in [9.17, 15) is 14.4 Å². The number of rotatable bonds is 3. The summed E-state index contributed by atoms with van der Waals surface area (Å²) >= 11 is 0. The van der Waals surface area contributed by atoms with Crippen LogP contribution in [0.15, 0.2) is 24.3 Å². The summed E-state index contributed by atoms with van der Waals surface area (Å²) in [7, 11) is 1.56. The molecule has 0 aromatic heterocycles. The van der Waals surface area contributed by atoms with Gasteiger partial charge in [-0.05, 0) is 19.2 Å². The molecule has 1 N–H and O–H groups in total. The standard InChI is InChI=1S/C11H10N2O4/c1-12-6-9(14)17-13-10(15)7-4-2-3-5-8(7)11(13)16/h2-5,12H,6H2,1H3. The highest BCUT2D eigenvalue weighted by molar-refractivity contribution is 6.20. The van der Waals surface area contributed by atoms with Crippen LogP contribution in [0.2, 0.25) is 0 Å². The average Bonchev–Trinajstić information content (AvgIpc) is 2.56. The van der Waals surface area contributed by atoms with Crippen molar-refractivity contribution in [2.24, 2.45) is 0 Å². The molecule has 0 saturated carbocycles. The molecular weight excluding hydrogens is 224 g/mol. The van der Waals surface area contributed by atoms with Crippen LogP contribution in [-0.4, -0.2) is 36.4 Å². The summed E-state index contributed by atoms with van der Waals surface area (Å²) < 4.78 is 0. The average molecular weight is 234 g/mol. The number of hydrogen-bond acceptors (Lipinski definition) is 5. The van der Waals surface area contributed by atoms with Crippen molar-refractivity contribution in [3.63, 3.8) is 0 Å². The number of hydrogen-bond donors (Lipinski definition) is 1. The van der Waals surface area contributed by atoms with Gasteiger partial charge in [0.2, 0.25) is 0 Å². The molecule has 1 aromatic carbocycles. The molecule has 17 heavy (non-hydrogen) atoms. The number of imide groups is 1. The Morgan fingerprint density at radius 1 is 1.24 bits per heavy atom. The highest BCUT2D eigenvalue weighted by Crippen LogP contribution is 2.22. The Bertz CT molecular complexity index is 463. The molecule has 1 aliphatic rings. The van der Waals surface area contributed by atoms with E-state index in [1.54, 1.807) is 19.2 Å². The third-order valence-corrected chi connectivity index (χ3v) is 2.27. The number of benzene rings is 1. The summed E-state index contributed by atoms with van der Waals surface area (Å²) in [5.74, 6) is -1.92. The highest BCUT2D eigenvalue weighted by atomic mass is 16.7. The zero-order valence-corrected chi connectivity index (χ0v) is 9.10. The fraction of sp³-hybridized carbons (Fsp3) is 0.182. The van der Waals surface area contributed by atoms with Crippen LogP contribution >= 0.6 is 0 Å². The van der Waals surface area contributed by atoms with E-state index in [1.807, 2.05) is 0 Å². The first-order valence-electron chi connectivity index (χ1n) is 4.98. The Morgan fingerprint density at radius 2 is 1.76 bits per heavy atom. The van der Waals surface area contributed by atoms with Crippen molar-refractivity contribution in [2.45, 2.75) is 0 Å². The fourth-order valence-electron chi connectivity index (χ4n) is 1.53. The van der Waals surface area contributed by atoms with Gasteiger partial charge in [-0.25, -0.2) is 4.79 Å². The van der Waals surface area contributed by atoms with E-state index in [0.717, 1.165) is 0 Å². The molecule has 0 spiro atoms. The van der Waals surface area contributed by atoms with Crippen molar-refractivity contribution >= 4 is 17.8 Å². The van der Waals surface area contributed by atoms with Crippen molar-refractivity contribution < 1.29 is 19.2 Å². The van der Waals surface area contributed by atoms with Crippen LogP contribution in [0.1, 0.15) is 20.7 Å². The van der Waals surface area contributed by atoms with Crippen LogP contribution < -0.4 is 5.32 Å². The van der Waals surface area contributed by atoms with Crippen molar-refractivity contribution in [3.05, 3.63) is 35.4 Å². The van der Waals surface area contributed by atoms with E-state index in [0.29, 0.717) is 5.06 Å². The van der Waals surface area contributed by atoms with Crippen molar-refractivity contribution in [1.82, 2.24) is 10.4 Å². The van der Waals surface area contributed by atoms with Gasteiger partial charge in [-0.3, -0.25) is 9.59 Å². The topological polar surface area (TPSA) is 75.7 Å². The van der Waals surface area contributed by atoms with Gasteiger partial charge in [0, 0.05) is 0 Å². The number of amides is 2. The van der Waals surface area contributed by atoms with Gasteiger partial charge >= 0.3 is 5.97 Å². The Balaban J connectivity index is 2.22. The second-order valence-corrected chi connectivity index (χ2v) is 3.44. The van der Waals surface area contributed by atoms with Crippen LogP contribution in [-0.2, 0) is 9.63 Å². The Morgan fingerprint density at radius 3 is 2.24 bits per heavy atom. The van der Waals surface area contributed by atoms with E-state index in [2.05, 4.69) is 5.32 Å². The summed E-state index contributed by atoms with van der Waals surface area (Å²) in [5.41, 5.74) is 0.490. The molecule has 0 radical (unpaired) electrons. The molecule has 1 aromatic rings. The van der Waals surface area contributed by atoms with Crippen molar-refractivity contribution in [3.8, 4) is 0 Å². The second-order valence-electron chi connectivity index (χ2n) is 3.44. The monoisotopic (exact) mass is 234 g/mol. The van der Waals surface area contributed by atoms with E-state index in [4.69, 9.17) is 4.84 Å². The zero-order valence-electron chi connectivity index (χ0n) is 9.10. The SMILES string of the molecule is CNCC(=O)ON1C(=O)c2ccccc2C1=O. The lowest BCUT2D eigenvalue weighted by molar-refractivity contribution is -0.167. The number of hydroxylamine groups is 2. The van der Waals surface area contributed by atoms with Gasteiger partial charge < -0.3 is 10.2 Å². The summed E-state index contributed by atoms with van der Waals surface area (Å²) in [4.78, 5) is 39.4. The molecule has 6 heteroatoms. The third kappa shape index (κ3) is 1.90. The summed E-state index contributed by atoms with van der Waals surface area (Å²) in [6.07, 6.45) is 0. The van der Waals surface area contributed by atoms with Gasteiger partial charge in [0.25, 0.3) is 11.8 Å². The number of fused-ring (bicyclic) bond motifs is 1. The minimum absolute atomic E-state index is 0.0760. The van der Waals surface area contributed by atoms with Gasteiger partial charge in [-0.2, -0.15) is 0 Å². The molecule has 0 fully saturated rings. The second kappa shape index (κ2) is 4.34. The smallest absolute Gasteiger partial charge is 0.328 e. The predicted octanol–water partition coefficient (Wildman–Crippen LogP) is -0.0398. The minimum atomic E-state index is -0.693. The van der Waals surface area contributed by atoms with Gasteiger partial charge in [0.05, 0.1) is 17.7 Å². The summed E-state index contributed by atoms with van der Waals surface area (Å²) in [6, 6.07) is 6.31. The molecule has 0 unspecified atom stereocenters. The molecular formula is C11H10N2O4. The van der Waals surface area contributed by atoms with Crippen LogP contribution in [0.5, 0.6) is 0 Å². The maximum absolute atomic E-state index is 11.8. The highest BCUT2D eigenvalue weighted by Gasteiger charge is 2.38. The van der Waals surface area contributed by atoms with Crippen molar-refractivity contribution in [2.75, 3.05) is 13.6 Å². The lowest BCUT2D eigenvalue weighted by atomic mass is 10.1. The largest absolute Gasteiger partial charge is 0.346 e. The first kappa shape index (κ1) is 11.3. The quantitative estimate of drug-likeness (QED) is 0.743. The molecule has 0 saturated heterocycles. The lowest BCUT2D eigenvalue weighted by Crippen LogP contribution is -2.35. The number of nitrogens with zero attached hydrogens (tertiary/aromatic N) is 1. The van der Waals surface area contributed by atoms with Crippen LogP contribution in [0.25, 0.3) is 0 Å². The van der Waals surface area contributed by atoms with Crippen LogP contribution in [0, 0.1) is 0 Å². The predicted molar refractivity (Wildman–Crippen MR) is 57.0 cm³/mol. The molecule has 2 rings (SSSR count). The zero-order chi connectivity index (χ0) is 12.4. The number of carbonyl (C=O) groups excluding carboxylic acids is 3. The van der Waals surface area contributed by atoms with Crippen LogP contribution in [0.4, 0.5) is 0 Å². The molecule has 0 bridgehead atoms. The Labute approximate surface area is 97.1 Å². The lowest BCUT2D eigenvalue weighted by Gasteiger charge is -2.12. The van der Waals surface area contributed by atoms with Gasteiger partial charge in [-0.15, -0.1) is 0 Å². The van der Waals surface area contributed by atoms with Crippen molar-refractivity contribution in [1.29, 1.82) is 0 Å². The molecule has 2 amide bonds. The third-order valence-electron chi connectivity index (χ3n) is 2.27. The van der Waals surface area contributed by atoms with Gasteiger partial charge in [0.15, 0.2) is 0 Å².